The summed E-state index contributed by atoms with van der Waals surface area (Å²) in [6, 6.07) is 12.1. The van der Waals surface area contributed by atoms with Crippen LogP contribution in [0.3, 0.4) is 0 Å². The van der Waals surface area contributed by atoms with E-state index < -0.39 is 17.4 Å². The summed E-state index contributed by atoms with van der Waals surface area (Å²) in [5.41, 5.74) is 0.938. The molecule has 0 spiro atoms. The number of aliphatic imine (C=N–C) groups is 1. The van der Waals surface area contributed by atoms with Crippen LogP contribution in [-0.4, -0.2) is 40.5 Å². The van der Waals surface area contributed by atoms with Gasteiger partial charge in [-0.15, -0.1) is 0 Å². The van der Waals surface area contributed by atoms with Gasteiger partial charge in [0.25, 0.3) is 5.91 Å². The molecule has 2 aromatic rings. The largest absolute Gasteiger partial charge is 0.326 e. The minimum atomic E-state index is -0.909. The Morgan fingerprint density at radius 3 is 2.10 bits per heavy atom. The van der Waals surface area contributed by atoms with Gasteiger partial charge in [0.15, 0.2) is 0 Å². The third-order valence-corrected chi connectivity index (χ3v) is 4.40. The van der Waals surface area contributed by atoms with Crippen molar-refractivity contribution in [3.05, 3.63) is 59.9 Å². The van der Waals surface area contributed by atoms with Crippen molar-refractivity contribution in [2.24, 2.45) is 4.99 Å². The fourth-order valence-electron chi connectivity index (χ4n) is 3.00. The Balaban J connectivity index is 1.68. The van der Waals surface area contributed by atoms with Crippen molar-refractivity contribution in [2.45, 2.75) is 26.4 Å². The highest BCUT2D eigenvalue weighted by atomic mass is 19.1. The second-order valence-corrected chi connectivity index (χ2v) is 7.16. The summed E-state index contributed by atoms with van der Waals surface area (Å²) < 4.78 is 13.2. The molecular weight excluding hydrogens is 375 g/mol. The first kappa shape index (κ1) is 20.2. The number of anilines is 2. The van der Waals surface area contributed by atoms with Gasteiger partial charge in [0.05, 0.1) is 0 Å². The van der Waals surface area contributed by atoms with Crippen molar-refractivity contribution in [1.29, 1.82) is 0 Å². The summed E-state index contributed by atoms with van der Waals surface area (Å²) in [7, 11) is 0. The molecule has 0 atom stereocenters. The molecule has 2 N–H and O–H groups in total. The summed E-state index contributed by atoms with van der Waals surface area (Å²) in [5, 5.41) is 5.37. The highest BCUT2D eigenvalue weighted by Gasteiger charge is 2.41. The Labute approximate surface area is 167 Å². The Kier molecular flexibility index (Phi) is 5.45. The van der Waals surface area contributed by atoms with Crippen LogP contribution in [0.1, 0.15) is 26.3 Å². The number of carbonyl (C=O) groups is 3. The molecule has 150 valence electrons. The molecule has 0 aromatic heterocycles. The smallest absolute Gasteiger partial charge is 0.275 e. The van der Waals surface area contributed by atoms with Gasteiger partial charge in [-0.1, -0.05) is 0 Å². The van der Waals surface area contributed by atoms with Gasteiger partial charge < -0.3 is 15.5 Å². The third-order valence-electron chi connectivity index (χ3n) is 4.40. The maximum Gasteiger partial charge on any atom is 0.275 e. The predicted molar refractivity (Wildman–Crippen MR) is 108 cm³/mol. The van der Waals surface area contributed by atoms with Crippen LogP contribution in [0, 0.1) is 5.82 Å². The number of carbonyl (C=O) groups excluding carboxylic acids is 3. The maximum absolute atomic E-state index is 13.2. The zero-order valence-corrected chi connectivity index (χ0v) is 16.3. The van der Waals surface area contributed by atoms with E-state index in [2.05, 4.69) is 15.6 Å². The average Bonchev–Trinajstić information content (AvgIpc) is 2.87. The minimum absolute atomic E-state index is 0.187. The van der Waals surface area contributed by atoms with Gasteiger partial charge >= 0.3 is 0 Å². The van der Waals surface area contributed by atoms with E-state index in [1.54, 1.807) is 38.1 Å². The van der Waals surface area contributed by atoms with Gasteiger partial charge in [0, 0.05) is 23.9 Å². The summed E-state index contributed by atoms with van der Waals surface area (Å²) in [4.78, 5) is 42.2. The third kappa shape index (κ3) is 4.66. The van der Waals surface area contributed by atoms with E-state index in [1.807, 2.05) is 0 Å². The van der Waals surface area contributed by atoms with E-state index in [0.717, 1.165) is 0 Å². The van der Waals surface area contributed by atoms with Crippen LogP contribution < -0.4 is 10.6 Å². The molecular formula is C21H21FN4O3. The molecule has 3 rings (SSSR count). The molecule has 1 aliphatic rings. The molecule has 0 unspecified atom stereocenters. The van der Waals surface area contributed by atoms with E-state index in [0.29, 0.717) is 16.9 Å². The first-order valence-corrected chi connectivity index (χ1v) is 9.01. The average molecular weight is 396 g/mol. The van der Waals surface area contributed by atoms with Crippen LogP contribution >= 0.6 is 0 Å². The van der Waals surface area contributed by atoms with Crippen molar-refractivity contribution in [3.8, 4) is 0 Å². The summed E-state index contributed by atoms with van der Waals surface area (Å²) >= 11 is 0. The molecule has 0 saturated heterocycles. The van der Waals surface area contributed by atoms with E-state index in [1.165, 1.54) is 36.1 Å². The number of nitrogens with zero attached hydrogens (tertiary/aromatic N) is 2. The predicted octanol–water partition coefficient (Wildman–Crippen LogP) is 2.79. The van der Waals surface area contributed by atoms with Crippen LogP contribution in [0.15, 0.2) is 53.5 Å². The van der Waals surface area contributed by atoms with Gasteiger partial charge in [-0.25, -0.2) is 4.39 Å². The van der Waals surface area contributed by atoms with Crippen LogP contribution in [0.25, 0.3) is 0 Å². The van der Waals surface area contributed by atoms with Gasteiger partial charge in [-0.05, 0) is 62.4 Å². The van der Waals surface area contributed by atoms with Crippen LogP contribution in [0.5, 0.6) is 0 Å². The lowest BCUT2D eigenvalue weighted by molar-refractivity contribution is -0.131. The van der Waals surface area contributed by atoms with Crippen LogP contribution in [0.2, 0.25) is 0 Å². The first-order valence-electron chi connectivity index (χ1n) is 9.01. The zero-order valence-electron chi connectivity index (χ0n) is 16.3. The van der Waals surface area contributed by atoms with E-state index in [4.69, 9.17) is 0 Å². The number of halogens is 1. The Morgan fingerprint density at radius 1 is 1.00 bits per heavy atom. The number of nitrogens with one attached hydrogen (secondary N) is 2. The van der Waals surface area contributed by atoms with Crippen molar-refractivity contribution < 1.29 is 18.8 Å². The van der Waals surface area contributed by atoms with E-state index in [-0.39, 0.29) is 24.1 Å². The number of hydrogen-bond donors (Lipinski definition) is 2. The lowest BCUT2D eigenvalue weighted by Gasteiger charge is -2.28. The lowest BCUT2D eigenvalue weighted by Crippen LogP contribution is -2.46. The molecule has 7 nitrogen and oxygen atoms in total. The molecule has 0 saturated carbocycles. The standard InChI is InChI=1S/C21H21FN4O3/c1-13(27)23-16-8-10-17(11-9-16)24-18(28)12-26-20(29)19(25-21(26,2)3)14-4-6-15(22)7-5-14/h4-11H,12H2,1-3H3,(H,23,27)(H,24,28). The highest BCUT2D eigenvalue weighted by Crippen LogP contribution is 2.26. The first-order chi connectivity index (χ1) is 13.7. The van der Waals surface area contributed by atoms with Gasteiger partial charge in [0.1, 0.15) is 23.7 Å². The molecule has 3 amide bonds. The van der Waals surface area contributed by atoms with Gasteiger partial charge in [-0.2, -0.15) is 0 Å². The normalized spacial score (nSPS) is 15.1. The van der Waals surface area contributed by atoms with Crippen molar-refractivity contribution in [1.82, 2.24) is 4.90 Å². The molecule has 0 bridgehead atoms. The molecule has 8 heteroatoms. The lowest BCUT2D eigenvalue weighted by atomic mass is 10.1. The molecule has 29 heavy (non-hydrogen) atoms. The molecule has 0 radical (unpaired) electrons. The second kappa shape index (κ2) is 7.83. The quantitative estimate of drug-likeness (QED) is 0.814. The topological polar surface area (TPSA) is 90.9 Å². The highest BCUT2D eigenvalue weighted by molar-refractivity contribution is 6.47. The van der Waals surface area contributed by atoms with Crippen LogP contribution in [0.4, 0.5) is 15.8 Å². The van der Waals surface area contributed by atoms with Crippen molar-refractivity contribution in [3.63, 3.8) is 0 Å². The fraction of sp³-hybridized carbons (Fsp3) is 0.238. The molecule has 0 fully saturated rings. The monoisotopic (exact) mass is 396 g/mol. The van der Waals surface area contributed by atoms with E-state index in [9.17, 15) is 18.8 Å². The molecule has 2 aromatic carbocycles. The van der Waals surface area contributed by atoms with E-state index >= 15 is 0 Å². The molecule has 0 aliphatic carbocycles. The van der Waals surface area contributed by atoms with Crippen LogP contribution in [-0.2, 0) is 14.4 Å². The van der Waals surface area contributed by atoms with Crippen molar-refractivity contribution in [2.75, 3.05) is 17.2 Å². The molecule has 1 aliphatic heterocycles. The molecule has 1 heterocycles. The summed E-state index contributed by atoms with van der Waals surface area (Å²) in [6.45, 7) is 4.69. The van der Waals surface area contributed by atoms with Gasteiger partial charge in [-0.3, -0.25) is 19.4 Å². The fourth-order valence-corrected chi connectivity index (χ4v) is 3.00. The zero-order chi connectivity index (χ0) is 21.2. The van der Waals surface area contributed by atoms with Gasteiger partial charge in [0.2, 0.25) is 11.8 Å². The second-order valence-electron chi connectivity index (χ2n) is 7.16. The summed E-state index contributed by atoms with van der Waals surface area (Å²) in [6.07, 6.45) is 0. The number of amides is 3. The number of benzene rings is 2. The SMILES string of the molecule is CC(=O)Nc1ccc(NC(=O)CN2C(=O)C(c3ccc(F)cc3)=NC2(C)C)cc1. The Hall–Kier alpha value is -3.55. The minimum Gasteiger partial charge on any atom is -0.326 e. The Bertz CT molecular complexity index is 982. The van der Waals surface area contributed by atoms with Crippen molar-refractivity contribution >= 4 is 34.8 Å². The Morgan fingerprint density at radius 2 is 1.55 bits per heavy atom. The number of hydrogen-bond acceptors (Lipinski definition) is 4. The number of rotatable bonds is 5. The summed E-state index contributed by atoms with van der Waals surface area (Å²) in [5.74, 6) is -1.36. The maximum atomic E-state index is 13.2.